The molecular formula is C15H12F4N2OS. The second kappa shape index (κ2) is 7.36. The van der Waals surface area contributed by atoms with Gasteiger partial charge in [0.25, 0.3) is 0 Å². The molecule has 0 bridgehead atoms. The number of benzene rings is 2. The van der Waals surface area contributed by atoms with Crippen LogP contribution in [0, 0.1) is 23.3 Å². The highest BCUT2D eigenvalue weighted by Crippen LogP contribution is 2.25. The summed E-state index contributed by atoms with van der Waals surface area (Å²) in [6, 6.07) is 7.00. The summed E-state index contributed by atoms with van der Waals surface area (Å²) < 4.78 is 52.9. The molecule has 8 heteroatoms. The zero-order chi connectivity index (χ0) is 17.0. The minimum Gasteiger partial charge on any atom is -0.399 e. The van der Waals surface area contributed by atoms with E-state index in [1.807, 2.05) is 5.32 Å². The maximum absolute atomic E-state index is 13.4. The lowest BCUT2D eigenvalue weighted by molar-refractivity contribution is -0.115. The van der Waals surface area contributed by atoms with Crippen LogP contribution in [-0.2, 0) is 4.79 Å². The predicted octanol–water partition coefficient (Wildman–Crippen LogP) is 3.95. The van der Waals surface area contributed by atoms with Gasteiger partial charge >= 0.3 is 0 Å². The van der Waals surface area contributed by atoms with Gasteiger partial charge in [-0.15, -0.1) is 11.8 Å². The molecule has 0 aliphatic rings. The number of hydrogen-bond donors (Lipinski definition) is 2. The molecule has 1 amide bonds. The summed E-state index contributed by atoms with van der Waals surface area (Å²) in [5.74, 6) is -6.86. The van der Waals surface area contributed by atoms with Crippen molar-refractivity contribution in [1.29, 1.82) is 0 Å². The lowest BCUT2D eigenvalue weighted by Gasteiger charge is -2.09. The van der Waals surface area contributed by atoms with E-state index in [2.05, 4.69) is 0 Å². The summed E-state index contributed by atoms with van der Waals surface area (Å²) >= 11 is 1.33. The van der Waals surface area contributed by atoms with Crippen LogP contribution in [0.1, 0.15) is 6.42 Å². The summed E-state index contributed by atoms with van der Waals surface area (Å²) in [4.78, 5) is 12.5. The van der Waals surface area contributed by atoms with E-state index in [0.717, 1.165) is 4.90 Å². The number of carbonyl (C=O) groups is 1. The average molecular weight is 344 g/mol. The number of nitrogens with two attached hydrogens (primary N) is 1. The highest BCUT2D eigenvalue weighted by Gasteiger charge is 2.20. The molecule has 0 radical (unpaired) electrons. The maximum atomic E-state index is 13.4. The highest BCUT2D eigenvalue weighted by molar-refractivity contribution is 7.99. The van der Waals surface area contributed by atoms with Crippen molar-refractivity contribution in [1.82, 2.24) is 0 Å². The van der Waals surface area contributed by atoms with Crippen molar-refractivity contribution >= 4 is 29.0 Å². The summed E-state index contributed by atoms with van der Waals surface area (Å²) in [5.41, 5.74) is 5.02. The summed E-state index contributed by atoms with van der Waals surface area (Å²) in [6.07, 6.45) is -0.0912. The van der Waals surface area contributed by atoms with Crippen LogP contribution in [0.3, 0.4) is 0 Å². The topological polar surface area (TPSA) is 55.1 Å². The van der Waals surface area contributed by atoms with Crippen LogP contribution in [0.25, 0.3) is 0 Å². The molecule has 3 nitrogen and oxygen atoms in total. The van der Waals surface area contributed by atoms with Crippen molar-refractivity contribution in [3.05, 3.63) is 53.6 Å². The number of carbonyl (C=O) groups excluding carboxylic acids is 1. The van der Waals surface area contributed by atoms with Crippen molar-refractivity contribution in [2.75, 3.05) is 16.8 Å². The Morgan fingerprint density at radius 1 is 1.04 bits per heavy atom. The Kier molecular flexibility index (Phi) is 5.49. The van der Waals surface area contributed by atoms with Gasteiger partial charge in [0, 0.05) is 28.8 Å². The Balaban J connectivity index is 1.94. The monoisotopic (exact) mass is 344 g/mol. The van der Waals surface area contributed by atoms with Gasteiger partial charge in [-0.1, -0.05) is 0 Å². The van der Waals surface area contributed by atoms with Crippen LogP contribution in [0.2, 0.25) is 0 Å². The molecule has 2 aromatic carbocycles. The van der Waals surface area contributed by atoms with Crippen LogP contribution in [0.4, 0.5) is 28.9 Å². The van der Waals surface area contributed by atoms with Crippen LogP contribution in [-0.4, -0.2) is 11.7 Å². The minimum absolute atomic E-state index is 0.0806. The third-order valence-corrected chi connectivity index (χ3v) is 3.87. The minimum atomic E-state index is -1.64. The van der Waals surface area contributed by atoms with Gasteiger partial charge in [-0.05, 0) is 24.3 Å². The molecule has 122 valence electrons. The smallest absolute Gasteiger partial charge is 0.225 e. The van der Waals surface area contributed by atoms with Crippen molar-refractivity contribution < 1.29 is 22.4 Å². The van der Waals surface area contributed by atoms with E-state index in [4.69, 9.17) is 5.73 Å². The average Bonchev–Trinajstić information content (AvgIpc) is 2.51. The first kappa shape index (κ1) is 17.1. The maximum Gasteiger partial charge on any atom is 0.225 e. The van der Waals surface area contributed by atoms with Crippen molar-refractivity contribution in [2.45, 2.75) is 11.3 Å². The molecule has 2 aromatic rings. The van der Waals surface area contributed by atoms with Gasteiger partial charge in [-0.3, -0.25) is 4.79 Å². The van der Waals surface area contributed by atoms with Crippen LogP contribution < -0.4 is 11.1 Å². The Hall–Kier alpha value is -2.22. The number of amides is 1. The summed E-state index contributed by atoms with van der Waals surface area (Å²) in [7, 11) is 0. The number of hydrogen-bond acceptors (Lipinski definition) is 3. The normalized spacial score (nSPS) is 10.6. The van der Waals surface area contributed by atoms with Gasteiger partial charge < -0.3 is 11.1 Å². The van der Waals surface area contributed by atoms with E-state index in [1.165, 1.54) is 11.8 Å². The lowest BCUT2D eigenvalue weighted by atomic mass is 10.2. The van der Waals surface area contributed by atoms with Crippen LogP contribution in [0.5, 0.6) is 0 Å². The van der Waals surface area contributed by atoms with Gasteiger partial charge in [-0.2, -0.15) is 0 Å². The Morgan fingerprint density at radius 3 is 2.17 bits per heavy atom. The molecule has 0 atom stereocenters. The number of anilines is 2. The van der Waals surface area contributed by atoms with E-state index < -0.39 is 34.9 Å². The van der Waals surface area contributed by atoms with E-state index in [9.17, 15) is 22.4 Å². The van der Waals surface area contributed by atoms with Gasteiger partial charge in [0.2, 0.25) is 5.91 Å². The number of nitrogens with one attached hydrogen (secondary N) is 1. The molecule has 0 unspecified atom stereocenters. The number of thioether (sulfide) groups is 1. The van der Waals surface area contributed by atoms with Gasteiger partial charge in [0.05, 0.1) is 0 Å². The summed E-state index contributed by atoms with van der Waals surface area (Å²) in [6.45, 7) is 0. The third kappa shape index (κ3) is 4.38. The van der Waals surface area contributed by atoms with Crippen LogP contribution in [0.15, 0.2) is 35.2 Å². The molecule has 2 rings (SSSR count). The van der Waals surface area contributed by atoms with Crippen LogP contribution >= 0.6 is 11.8 Å². The molecule has 0 fully saturated rings. The molecule has 23 heavy (non-hydrogen) atoms. The first-order chi connectivity index (χ1) is 10.9. The molecule has 0 heterocycles. The predicted molar refractivity (Wildman–Crippen MR) is 81.1 cm³/mol. The van der Waals surface area contributed by atoms with Crippen molar-refractivity contribution in [2.24, 2.45) is 0 Å². The SMILES string of the molecule is Nc1ccc(SCCC(=O)Nc2c(F)c(F)cc(F)c2F)cc1. The van der Waals surface area contributed by atoms with Crippen molar-refractivity contribution in [3.63, 3.8) is 0 Å². The molecule has 0 aliphatic heterocycles. The van der Waals surface area contributed by atoms with E-state index >= 15 is 0 Å². The highest BCUT2D eigenvalue weighted by atomic mass is 32.2. The molecule has 0 saturated heterocycles. The first-order valence-electron chi connectivity index (χ1n) is 6.49. The number of nitrogen functional groups attached to an aromatic ring is 1. The standard InChI is InChI=1S/C15H12F4N2OS/c16-10-7-11(17)14(19)15(13(10)18)21-12(22)5-6-23-9-3-1-8(20)2-4-9/h1-4,7H,5-6,20H2,(H,21,22). The molecule has 0 aliphatic carbocycles. The molecule has 3 N–H and O–H groups in total. The quantitative estimate of drug-likeness (QED) is 0.374. The lowest BCUT2D eigenvalue weighted by Crippen LogP contribution is -2.16. The van der Waals surface area contributed by atoms with Gasteiger partial charge in [-0.25, -0.2) is 17.6 Å². The fraction of sp³-hybridized carbons (Fsp3) is 0.133. The number of rotatable bonds is 5. The first-order valence-corrected chi connectivity index (χ1v) is 7.48. The molecule has 0 spiro atoms. The Bertz CT molecular complexity index is 696. The molecule has 0 saturated carbocycles. The Labute approximate surface area is 133 Å². The second-order valence-electron chi connectivity index (χ2n) is 4.56. The van der Waals surface area contributed by atoms with Crippen molar-refractivity contribution in [3.8, 4) is 0 Å². The second-order valence-corrected chi connectivity index (χ2v) is 5.73. The molecule has 0 aromatic heterocycles. The fourth-order valence-electron chi connectivity index (χ4n) is 1.71. The van der Waals surface area contributed by atoms with E-state index in [-0.39, 0.29) is 12.5 Å². The molecular weight excluding hydrogens is 332 g/mol. The van der Waals surface area contributed by atoms with Gasteiger partial charge in [0.15, 0.2) is 23.3 Å². The fourth-order valence-corrected chi connectivity index (χ4v) is 2.56. The van der Waals surface area contributed by atoms with E-state index in [1.54, 1.807) is 24.3 Å². The largest absolute Gasteiger partial charge is 0.399 e. The third-order valence-electron chi connectivity index (χ3n) is 2.85. The zero-order valence-corrected chi connectivity index (χ0v) is 12.5. The van der Waals surface area contributed by atoms with Gasteiger partial charge in [0.1, 0.15) is 5.69 Å². The van der Waals surface area contributed by atoms with E-state index in [0.29, 0.717) is 11.4 Å². The zero-order valence-electron chi connectivity index (χ0n) is 11.7. The number of halogens is 4. The summed E-state index contributed by atoms with van der Waals surface area (Å²) in [5, 5.41) is 1.85. The Morgan fingerprint density at radius 2 is 1.61 bits per heavy atom.